The third kappa shape index (κ3) is 4.80. The lowest BCUT2D eigenvalue weighted by molar-refractivity contribution is 0.298. The molecular weight excluding hydrogens is 358 g/mol. The number of para-hydroxylation sites is 1. The van der Waals surface area contributed by atoms with E-state index in [2.05, 4.69) is 10.5 Å². The fraction of sp³-hybridized carbons (Fsp3) is 0.0500. The second-order valence-electron chi connectivity index (χ2n) is 5.44. The van der Waals surface area contributed by atoms with Gasteiger partial charge in [-0.1, -0.05) is 29.8 Å². The van der Waals surface area contributed by atoms with Gasteiger partial charge in [0.1, 0.15) is 24.0 Å². The second-order valence-corrected chi connectivity index (χ2v) is 5.88. The molecule has 0 amide bonds. The monoisotopic (exact) mass is 372 g/mol. The highest BCUT2D eigenvalue weighted by atomic mass is 35.5. The molecule has 0 atom stereocenters. The standard InChI is InChI=1S/C20H15ClF2N2O/c21-16-6-9-20(26-13-15-11-17(22)7-8-19(15)23)14(10-16)12-24-25-18-4-2-1-3-5-18/h1-12,25H,13H2. The van der Waals surface area contributed by atoms with Crippen LogP contribution in [0.5, 0.6) is 5.75 Å². The van der Waals surface area contributed by atoms with Crippen molar-refractivity contribution in [3.05, 3.63) is 94.5 Å². The van der Waals surface area contributed by atoms with E-state index in [9.17, 15) is 8.78 Å². The largest absolute Gasteiger partial charge is 0.488 e. The highest BCUT2D eigenvalue weighted by Crippen LogP contribution is 2.23. The third-order valence-corrected chi connectivity index (χ3v) is 3.77. The summed E-state index contributed by atoms with van der Waals surface area (Å²) in [5.74, 6) is -0.590. The minimum Gasteiger partial charge on any atom is -0.488 e. The van der Waals surface area contributed by atoms with E-state index in [1.807, 2.05) is 30.3 Å². The molecule has 0 aliphatic heterocycles. The molecule has 0 aliphatic carbocycles. The van der Waals surface area contributed by atoms with E-state index in [1.165, 1.54) is 0 Å². The lowest BCUT2D eigenvalue weighted by Gasteiger charge is -2.10. The molecular formula is C20H15ClF2N2O. The first kappa shape index (κ1) is 17.9. The minimum absolute atomic E-state index is 0.113. The van der Waals surface area contributed by atoms with Crippen LogP contribution in [0.2, 0.25) is 5.02 Å². The number of ether oxygens (including phenoxy) is 1. The van der Waals surface area contributed by atoms with Gasteiger partial charge >= 0.3 is 0 Å². The van der Waals surface area contributed by atoms with Crippen molar-refractivity contribution in [1.29, 1.82) is 0 Å². The molecule has 3 aromatic rings. The van der Waals surface area contributed by atoms with Gasteiger partial charge in [0.05, 0.1) is 11.9 Å². The van der Waals surface area contributed by atoms with E-state index in [4.69, 9.17) is 16.3 Å². The lowest BCUT2D eigenvalue weighted by Crippen LogP contribution is -2.02. The van der Waals surface area contributed by atoms with Gasteiger partial charge in [-0.3, -0.25) is 5.43 Å². The van der Waals surface area contributed by atoms with Crippen LogP contribution < -0.4 is 10.2 Å². The Balaban J connectivity index is 1.74. The molecule has 3 rings (SSSR count). The van der Waals surface area contributed by atoms with E-state index in [0.29, 0.717) is 16.3 Å². The molecule has 132 valence electrons. The maximum atomic E-state index is 13.7. The molecule has 0 aliphatic rings. The van der Waals surface area contributed by atoms with Crippen molar-refractivity contribution in [2.45, 2.75) is 6.61 Å². The molecule has 0 heterocycles. The Labute approximate surface area is 154 Å². The van der Waals surface area contributed by atoms with Crippen LogP contribution in [0, 0.1) is 11.6 Å². The van der Waals surface area contributed by atoms with Gasteiger partial charge in [0, 0.05) is 16.1 Å². The van der Waals surface area contributed by atoms with E-state index >= 15 is 0 Å². The quantitative estimate of drug-likeness (QED) is 0.448. The summed E-state index contributed by atoms with van der Waals surface area (Å²) in [5, 5.41) is 4.66. The topological polar surface area (TPSA) is 33.6 Å². The summed E-state index contributed by atoms with van der Waals surface area (Å²) in [6.45, 7) is -0.113. The predicted molar refractivity (Wildman–Crippen MR) is 99.8 cm³/mol. The van der Waals surface area contributed by atoms with Gasteiger partial charge in [-0.05, 0) is 48.5 Å². The average molecular weight is 373 g/mol. The summed E-state index contributed by atoms with van der Waals surface area (Å²) >= 11 is 6.03. The first-order valence-corrected chi connectivity index (χ1v) is 8.20. The van der Waals surface area contributed by atoms with Gasteiger partial charge in [-0.25, -0.2) is 8.78 Å². The number of nitrogens with one attached hydrogen (secondary N) is 1. The summed E-state index contributed by atoms with van der Waals surface area (Å²) in [6.07, 6.45) is 1.55. The Hall–Kier alpha value is -2.92. The Kier molecular flexibility index (Phi) is 5.81. The van der Waals surface area contributed by atoms with Crippen LogP contribution in [-0.4, -0.2) is 6.21 Å². The van der Waals surface area contributed by atoms with Gasteiger partial charge in [0.15, 0.2) is 0 Å². The Bertz CT molecular complexity index is 917. The summed E-state index contributed by atoms with van der Waals surface area (Å²) in [5.41, 5.74) is 4.46. The number of anilines is 1. The van der Waals surface area contributed by atoms with Crippen molar-refractivity contribution >= 4 is 23.5 Å². The normalized spacial score (nSPS) is 10.9. The van der Waals surface area contributed by atoms with Crippen molar-refractivity contribution in [2.75, 3.05) is 5.43 Å². The number of nitrogens with zero attached hydrogens (tertiary/aromatic N) is 1. The molecule has 0 fully saturated rings. The molecule has 0 bridgehead atoms. The van der Waals surface area contributed by atoms with Gasteiger partial charge in [0.2, 0.25) is 0 Å². The van der Waals surface area contributed by atoms with Crippen molar-refractivity contribution in [1.82, 2.24) is 0 Å². The van der Waals surface area contributed by atoms with Crippen LogP contribution in [0.25, 0.3) is 0 Å². The number of halogens is 3. The molecule has 0 spiro atoms. The number of hydrazone groups is 1. The first-order chi connectivity index (χ1) is 12.6. The smallest absolute Gasteiger partial charge is 0.130 e. The highest BCUT2D eigenvalue weighted by Gasteiger charge is 2.08. The Morgan fingerprint density at radius 1 is 1.00 bits per heavy atom. The fourth-order valence-corrected chi connectivity index (χ4v) is 2.43. The molecule has 0 unspecified atom stereocenters. The fourth-order valence-electron chi connectivity index (χ4n) is 2.25. The van der Waals surface area contributed by atoms with Gasteiger partial charge in [-0.15, -0.1) is 0 Å². The minimum atomic E-state index is -0.527. The Morgan fingerprint density at radius 3 is 2.62 bits per heavy atom. The first-order valence-electron chi connectivity index (χ1n) is 7.82. The lowest BCUT2D eigenvalue weighted by atomic mass is 10.2. The van der Waals surface area contributed by atoms with Gasteiger partial charge in [-0.2, -0.15) is 5.10 Å². The number of benzene rings is 3. The molecule has 3 nitrogen and oxygen atoms in total. The van der Waals surface area contributed by atoms with Crippen LogP contribution in [-0.2, 0) is 6.61 Å². The number of hydrogen-bond acceptors (Lipinski definition) is 3. The van der Waals surface area contributed by atoms with Crippen molar-refractivity contribution in [3.8, 4) is 5.75 Å². The van der Waals surface area contributed by atoms with E-state index in [1.54, 1.807) is 24.4 Å². The molecule has 1 N–H and O–H groups in total. The summed E-state index contributed by atoms with van der Waals surface area (Å²) < 4.78 is 32.6. The molecule has 0 saturated carbocycles. The van der Waals surface area contributed by atoms with Crippen LogP contribution in [0.1, 0.15) is 11.1 Å². The second kappa shape index (κ2) is 8.45. The highest BCUT2D eigenvalue weighted by molar-refractivity contribution is 6.30. The molecule has 0 saturated heterocycles. The SMILES string of the molecule is Fc1ccc(F)c(COc2ccc(Cl)cc2C=NNc2ccccc2)c1. The summed E-state index contributed by atoms with van der Waals surface area (Å²) in [4.78, 5) is 0. The molecule has 26 heavy (non-hydrogen) atoms. The van der Waals surface area contributed by atoms with Crippen molar-refractivity contribution in [3.63, 3.8) is 0 Å². The average Bonchev–Trinajstić information content (AvgIpc) is 2.64. The van der Waals surface area contributed by atoms with Crippen LogP contribution in [0.15, 0.2) is 71.8 Å². The van der Waals surface area contributed by atoms with Crippen molar-refractivity contribution in [2.24, 2.45) is 5.10 Å². The van der Waals surface area contributed by atoms with Crippen molar-refractivity contribution < 1.29 is 13.5 Å². The maximum Gasteiger partial charge on any atom is 0.130 e. The summed E-state index contributed by atoms with van der Waals surface area (Å²) in [6, 6.07) is 17.7. The van der Waals surface area contributed by atoms with Gasteiger partial charge in [0.25, 0.3) is 0 Å². The Morgan fingerprint density at radius 2 is 1.81 bits per heavy atom. The molecule has 3 aromatic carbocycles. The third-order valence-electron chi connectivity index (χ3n) is 3.53. The number of rotatable bonds is 6. The molecule has 0 aromatic heterocycles. The zero-order chi connectivity index (χ0) is 18.4. The van der Waals surface area contributed by atoms with E-state index in [0.717, 1.165) is 23.9 Å². The zero-order valence-electron chi connectivity index (χ0n) is 13.6. The predicted octanol–water partition coefficient (Wildman–Crippen LogP) is 5.64. The molecule has 0 radical (unpaired) electrons. The maximum absolute atomic E-state index is 13.7. The van der Waals surface area contributed by atoms with Crippen LogP contribution in [0.4, 0.5) is 14.5 Å². The summed E-state index contributed by atoms with van der Waals surface area (Å²) in [7, 11) is 0. The van der Waals surface area contributed by atoms with Crippen LogP contribution >= 0.6 is 11.6 Å². The van der Waals surface area contributed by atoms with E-state index in [-0.39, 0.29) is 12.2 Å². The van der Waals surface area contributed by atoms with Gasteiger partial charge < -0.3 is 4.74 Å². The van der Waals surface area contributed by atoms with E-state index < -0.39 is 11.6 Å². The van der Waals surface area contributed by atoms with Crippen LogP contribution in [0.3, 0.4) is 0 Å². The molecule has 6 heteroatoms. The number of hydrogen-bond donors (Lipinski definition) is 1. The zero-order valence-corrected chi connectivity index (χ0v) is 14.4.